The van der Waals surface area contributed by atoms with Gasteiger partial charge in [0.2, 0.25) is 0 Å². The van der Waals surface area contributed by atoms with Crippen LogP contribution in [0.15, 0.2) is 36.0 Å². The summed E-state index contributed by atoms with van der Waals surface area (Å²) in [5.41, 5.74) is -1.93. The summed E-state index contributed by atoms with van der Waals surface area (Å²) in [4.78, 5) is 24.8. The SMILES string of the molecule is CCNC(=O)OC1C=CC(C)C(C(C)=CC=CC(C)(O)CC2OC2C(C)C(O)CC)OC(=O)CC(O)CCC1(C)O. The summed E-state index contributed by atoms with van der Waals surface area (Å²) in [6, 6.07) is 0. The van der Waals surface area contributed by atoms with Crippen LogP contribution in [0.1, 0.15) is 80.6 Å². The lowest BCUT2D eigenvalue weighted by atomic mass is 9.88. The molecule has 2 heterocycles. The van der Waals surface area contributed by atoms with Crippen molar-refractivity contribution >= 4 is 12.1 Å². The summed E-state index contributed by atoms with van der Waals surface area (Å²) in [5.74, 6) is -0.948. The molecule has 10 heteroatoms. The number of rotatable bonds is 10. The molecule has 2 aliphatic heterocycles. The first-order valence-electron chi connectivity index (χ1n) is 14.7. The number of cyclic esters (lactones) is 1. The van der Waals surface area contributed by atoms with Gasteiger partial charge in [-0.15, -0.1) is 0 Å². The minimum atomic E-state index is -1.48. The Morgan fingerprint density at radius 3 is 2.66 bits per heavy atom. The molecule has 5 N–H and O–H groups in total. The third-order valence-corrected chi connectivity index (χ3v) is 7.92. The molecule has 0 aliphatic carbocycles. The van der Waals surface area contributed by atoms with Gasteiger partial charge in [-0.2, -0.15) is 0 Å². The Kier molecular flexibility index (Phi) is 13.0. The number of alkyl carbamates (subject to hydrolysis) is 1. The van der Waals surface area contributed by atoms with Crippen LogP contribution in [0.5, 0.6) is 0 Å². The second kappa shape index (κ2) is 15.3. The fourth-order valence-corrected chi connectivity index (χ4v) is 5.10. The summed E-state index contributed by atoms with van der Waals surface area (Å²) in [6.45, 7) is 12.9. The van der Waals surface area contributed by atoms with E-state index in [-0.39, 0.29) is 43.3 Å². The van der Waals surface area contributed by atoms with Gasteiger partial charge in [0.05, 0.1) is 36.4 Å². The summed E-state index contributed by atoms with van der Waals surface area (Å²) >= 11 is 0. The van der Waals surface area contributed by atoms with Crippen molar-refractivity contribution in [3.63, 3.8) is 0 Å². The van der Waals surface area contributed by atoms with Crippen LogP contribution in [0.25, 0.3) is 0 Å². The van der Waals surface area contributed by atoms with Crippen molar-refractivity contribution in [2.24, 2.45) is 11.8 Å². The number of hydrogen-bond donors (Lipinski definition) is 5. The molecule has 0 saturated carbocycles. The molecule has 0 radical (unpaired) electrons. The van der Waals surface area contributed by atoms with Gasteiger partial charge >= 0.3 is 12.1 Å². The van der Waals surface area contributed by atoms with Crippen molar-refractivity contribution in [2.45, 2.75) is 128 Å². The van der Waals surface area contributed by atoms with Crippen molar-refractivity contribution < 1.29 is 44.2 Å². The molecule has 1 saturated heterocycles. The Morgan fingerprint density at radius 1 is 1.34 bits per heavy atom. The highest BCUT2D eigenvalue weighted by molar-refractivity contribution is 5.70. The highest BCUT2D eigenvalue weighted by Gasteiger charge is 2.47. The van der Waals surface area contributed by atoms with Gasteiger partial charge < -0.3 is 40.0 Å². The van der Waals surface area contributed by atoms with Gasteiger partial charge in [0.15, 0.2) is 6.10 Å². The lowest BCUT2D eigenvalue weighted by Gasteiger charge is -2.32. The van der Waals surface area contributed by atoms with Crippen LogP contribution in [-0.4, -0.2) is 86.9 Å². The highest BCUT2D eigenvalue weighted by Crippen LogP contribution is 2.37. The number of aliphatic hydroxyl groups excluding tert-OH is 2. The van der Waals surface area contributed by atoms with Gasteiger partial charge in [-0.05, 0) is 58.6 Å². The molecule has 10 unspecified atom stereocenters. The maximum absolute atomic E-state index is 12.7. The second-order valence-corrected chi connectivity index (χ2v) is 12.1. The van der Waals surface area contributed by atoms with Gasteiger partial charge in [-0.25, -0.2) is 4.79 Å². The van der Waals surface area contributed by atoms with Gasteiger partial charge in [0, 0.05) is 24.8 Å². The lowest BCUT2D eigenvalue weighted by Crippen LogP contribution is -2.44. The van der Waals surface area contributed by atoms with E-state index in [0.29, 0.717) is 25.0 Å². The molecule has 41 heavy (non-hydrogen) atoms. The van der Waals surface area contributed by atoms with Crippen LogP contribution in [0.2, 0.25) is 0 Å². The maximum Gasteiger partial charge on any atom is 0.407 e. The normalized spacial score (nSPS) is 34.5. The molecule has 0 bridgehead atoms. The number of allylic oxidation sites excluding steroid dienone is 2. The number of carbonyl (C=O) groups is 2. The minimum absolute atomic E-state index is 0.00881. The predicted molar refractivity (Wildman–Crippen MR) is 155 cm³/mol. The molecule has 10 atom stereocenters. The number of carbonyl (C=O) groups excluding carboxylic acids is 2. The standard InChI is InChI=1S/C31H51NO9/c1-8-23(34)21(5)28-24(39-28)18-30(6,37)15-10-11-19(3)27-20(4)12-13-25(40-29(36)32-9-2)31(7,38)16-14-22(33)17-26(35)41-27/h10-13,15,20-25,27-28,33-34,37-38H,8-9,14,16-18H2,1-7H3,(H,32,36). The van der Waals surface area contributed by atoms with Crippen molar-refractivity contribution in [2.75, 3.05) is 6.54 Å². The zero-order chi connectivity index (χ0) is 31.0. The number of hydrogen-bond acceptors (Lipinski definition) is 9. The van der Waals surface area contributed by atoms with Crippen molar-refractivity contribution in [3.8, 4) is 0 Å². The van der Waals surface area contributed by atoms with Crippen molar-refractivity contribution in [1.82, 2.24) is 5.32 Å². The smallest absolute Gasteiger partial charge is 0.407 e. The predicted octanol–water partition coefficient (Wildman–Crippen LogP) is 3.32. The van der Waals surface area contributed by atoms with Gasteiger partial charge in [-0.1, -0.05) is 45.1 Å². The Bertz CT molecular complexity index is 957. The van der Waals surface area contributed by atoms with Gasteiger partial charge in [0.1, 0.15) is 11.7 Å². The van der Waals surface area contributed by atoms with E-state index in [4.69, 9.17) is 14.2 Å². The first-order chi connectivity index (χ1) is 19.1. The molecular weight excluding hydrogens is 530 g/mol. The average Bonchev–Trinajstić information content (AvgIpc) is 3.64. The van der Waals surface area contributed by atoms with E-state index in [2.05, 4.69) is 5.32 Å². The second-order valence-electron chi connectivity index (χ2n) is 12.1. The average molecular weight is 582 g/mol. The molecule has 1 amide bonds. The molecule has 0 aromatic rings. The molecule has 2 rings (SSSR count). The number of epoxide rings is 1. The van der Waals surface area contributed by atoms with Crippen LogP contribution in [-0.2, 0) is 19.0 Å². The first-order valence-corrected chi connectivity index (χ1v) is 14.7. The van der Waals surface area contributed by atoms with E-state index in [9.17, 15) is 30.0 Å². The van der Waals surface area contributed by atoms with Gasteiger partial charge in [0.25, 0.3) is 0 Å². The fraction of sp³-hybridized carbons (Fsp3) is 0.742. The molecule has 2 aliphatic rings. The molecule has 1 fully saturated rings. The van der Waals surface area contributed by atoms with E-state index < -0.39 is 47.7 Å². The molecule has 10 nitrogen and oxygen atoms in total. The summed E-state index contributed by atoms with van der Waals surface area (Å²) in [5, 5.41) is 45.0. The zero-order valence-electron chi connectivity index (χ0n) is 25.6. The third kappa shape index (κ3) is 11.2. The Balaban J connectivity index is 2.20. The Hall–Kier alpha value is -2.24. The largest absolute Gasteiger partial charge is 0.457 e. The van der Waals surface area contributed by atoms with E-state index in [1.807, 2.05) is 20.8 Å². The number of amides is 1. The van der Waals surface area contributed by atoms with E-state index in [0.717, 1.165) is 0 Å². The lowest BCUT2D eigenvalue weighted by molar-refractivity contribution is -0.151. The van der Waals surface area contributed by atoms with Crippen LogP contribution >= 0.6 is 0 Å². The van der Waals surface area contributed by atoms with Gasteiger partial charge in [-0.3, -0.25) is 4.79 Å². The number of esters is 1. The van der Waals surface area contributed by atoms with Crippen LogP contribution in [0.3, 0.4) is 0 Å². The highest BCUT2D eigenvalue weighted by atomic mass is 16.6. The summed E-state index contributed by atoms with van der Waals surface area (Å²) in [6.07, 6.45) is 5.39. The third-order valence-electron chi connectivity index (χ3n) is 7.92. The van der Waals surface area contributed by atoms with Crippen LogP contribution in [0, 0.1) is 11.8 Å². The molecule has 0 spiro atoms. The quantitative estimate of drug-likeness (QED) is 0.113. The summed E-state index contributed by atoms with van der Waals surface area (Å²) in [7, 11) is 0. The fourth-order valence-electron chi connectivity index (χ4n) is 5.10. The number of aliphatic hydroxyl groups is 4. The van der Waals surface area contributed by atoms with Crippen molar-refractivity contribution in [3.05, 3.63) is 36.0 Å². The van der Waals surface area contributed by atoms with E-state index in [1.165, 1.54) is 6.92 Å². The minimum Gasteiger partial charge on any atom is -0.457 e. The molecule has 0 aromatic heterocycles. The van der Waals surface area contributed by atoms with Crippen LogP contribution in [0.4, 0.5) is 4.79 Å². The first kappa shape index (κ1) is 35.0. The van der Waals surface area contributed by atoms with Crippen LogP contribution < -0.4 is 5.32 Å². The number of nitrogens with one attached hydrogen (secondary N) is 1. The topological polar surface area (TPSA) is 158 Å². The zero-order valence-corrected chi connectivity index (χ0v) is 25.6. The maximum atomic E-state index is 12.7. The Morgan fingerprint density at radius 2 is 2.02 bits per heavy atom. The van der Waals surface area contributed by atoms with Crippen molar-refractivity contribution in [1.29, 1.82) is 0 Å². The molecule has 234 valence electrons. The monoisotopic (exact) mass is 581 g/mol. The number of ether oxygens (including phenoxy) is 3. The summed E-state index contributed by atoms with van der Waals surface area (Å²) < 4.78 is 17.0. The van der Waals surface area contributed by atoms with E-state index >= 15 is 0 Å². The molecular formula is C31H51NO9. The Labute approximate surface area is 244 Å². The van der Waals surface area contributed by atoms with E-state index in [1.54, 1.807) is 51.2 Å². The molecule has 0 aromatic carbocycles.